The summed E-state index contributed by atoms with van der Waals surface area (Å²) in [5.41, 5.74) is 7.66. The molecule has 1 aliphatic heterocycles. The van der Waals surface area contributed by atoms with Gasteiger partial charge in [-0.25, -0.2) is 0 Å². The minimum absolute atomic E-state index is 0.133. The highest BCUT2D eigenvalue weighted by molar-refractivity contribution is 5.33. The quantitative estimate of drug-likeness (QED) is 0.880. The van der Waals surface area contributed by atoms with Crippen molar-refractivity contribution in [2.24, 2.45) is 0 Å². The lowest BCUT2D eigenvalue weighted by molar-refractivity contribution is 0.242. The minimum atomic E-state index is 0.133. The first-order valence-corrected chi connectivity index (χ1v) is 8.59. The summed E-state index contributed by atoms with van der Waals surface area (Å²) in [6.45, 7) is 7.86. The lowest BCUT2D eigenvalue weighted by Gasteiger charge is -2.27. The zero-order chi connectivity index (χ0) is 16.0. The number of rotatable bonds is 5. The molecule has 2 aromatic heterocycles. The molecule has 0 bridgehead atoms. The molecular formula is C17H25N5O. The summed E-state index contributed by atoms with van der Waals surface area (Å²) < 4.78 is 1.92. The van der Waals surface area contributed by atoms with Gasteiger partial charge in [0, 0.05) is 54.5 Å². The number of fused-ring (bicyclic) bond motifs is 1. The summed E-state index contributed by atoms with van der Waals surface area (Å²) in [5.74, 6) is 0.700. The fourth-order valence-electron chi connectivity index (χ4n) is 3.70. The Morgan fingerprint density at radius 2 is 2.13 bits per heavy atom. The summed E-state index contributed by atoms with van der Waals surface area (Å²) in [6.07, 6.45) is 3.64. The molecule has 2 aromatic rings. The van der Waals surface area contributed by atoms with Crippen molar-refractivity contribution in [3.63, 3.8) is 0 Å². The molecule has 0 unspecified atom stereocenters. The molecule has 124 valence electrons. The predicted octanol–water partition coefficient (Wildman–Crippen LogP) is 1.65. The van der Waals surface area contributed by atoms with Crippen molar-refractivity contribution in [2.75, 3.05) is 13.2 Å². The molecule has 2 aliphatic rings. The van der Waals surface area contributed by atoms with E-state index in [9.17, 15) is 0 Å². The number of hydrogen-bond donors (Lipinski definition) is 2. The number of H-pyrrole nitrogens is 1. The normalized spacial score (nSPS) is 18.4. The highest BCUT2D eigenvalue weighted by Crippen LogP contribution is 2.42. The Bertz CT molecular complexity index is 713. The number of nitrogens with one attached hydrogen (secondary N) is 1. The van der Waals surface area contributed by atoms with Crippen LogP contribution >= 0.6 is 0 Å². The van der Waals surface area contributed by atoms with E-state index in [2.05, 4.69) is 34.0 Å². The Morgan fingerprint density at radius 3 is 2.87 bits per heavy atom. The van der Waals surface area contributed by atoms with Gasteiger partial charge in [-0.2, -0.15) is 10.2 Å². The maximum atomic E-state index is 9.16. The van der Waals surface area contributed by atoms with Crippen molar-refractivity contribution in [1.82, 2.24) is 24.9 Å². The topological polar surface area (TPSA) is 70.0 Å². The maximum Gasteiger partial charge on any atom is 0.0700 e. The molecule has 4 rings (SSSR count). The zero-order valence-corrected chi connectivity index (χ0v) is 14.0. The Kier molecular flexibility index (Phi) is 3.73. The number of aliphatic hydroxyl groups excluding tert-OH is 1. The third-order valence-electron chi connectivity index (χ3n) is 5.23. The average molecular weight is 315 g/mol. The molecule has 0 radical (unpaired) electrons. The van der Waals surface area contributed by atoms with E-state index >= 15 is 0 Å². The Morgan fingerprint density at radius 1 is 1.30 bits per heavy atom. The standard InChI is InChI=1S/C17H25N5O/c1-11-14(12(2)22(20-11)7-8-23)9-21-6-5-16-15(10-21)17(19-18-16)13-3-4-13/h13,23H,3-10H2,1-2H3,(H,18,19). The van der Waals surface area contributed by atoms with Crippen LogP contribution in [0.1, 0.15) is 52.7 Å². The molecule has 3 heterocycles. The highest BCUT2D eigenvalue weighted by Gasteiger charge is 2.32. The van der Waals surface area contributed by atoms with Gasteiger partial charge in [-0.1, -0.05) is 0 Å². The van der Waals surface area contributed by atoms with Gasteiger partial charge in [0.05, 0.1) is 24.5 Å². The van der Waals surface area contributed by atoms with Gasteiger partial charge in [0.1, 0.15) is 0 Å². The van der Waals surface area contributed by atoms with Gasteiger partial charge in [0.2, 0.25) is 0 Å². The van der Waals surface area contributed by atoms with Gasteiger partial charge in [-0.3, -0.25) is 14.7 Å². The molecule has 0 aromatic carbocycles. The van der Waals surface area contributed by atoms with Crippen molar-refractivity contribution >= 4 is 0 Å². The molecule has 0 amide bonds. The van der Waals surface area contributed by atoms with Gasteiger partial charge in [0.15, 0.2) is 0 Å². The third kappa shape index (κ3) is 2.70. The van der Waals surface area contributed by atoms with E-state index in [0.717, 1.165) is 31.7 Å². The van der Waals surface area contributed by atoms with Crippen LogP contribution in [-0.2, 0) is 26.1 Å². The van der Waals surface area contributed by atoms with Crippen LogP contribution in [0, 0.1) is 13.8 Å². The van der Waals surface area contributed by atoms with Crippen molar-refractivity contribution in [2.45, 2.75) is 58.7 Å². The van der Waals surface area contributed by atoms with Crippen LogP contribution in [0.3, 0.4) is 0 Å². The summed E-state index contributed by atoms with van der Waals surface area (Å²) in [4.78, 5) is 2.50. The van der Waals surface area contributed by atoms with Crippen LogP contribution in [0.5, 0.6) is 0 Å². The van der Waals surface area contributed by atoms with Crippen LogP contribution < -0.4 is 0 Å². The fourth-order valence-corrected chi connectivity index (χ4v) is 3.70. The fraction of sp³-hybridized carbons (Fsp3) is 0.647. The number of nitrogens with zero attached hydrogens (tertiary/aromatic N) is 4. The van der Waals surface area contributed by atoms with Crippen LogP contribution in [0.15, 0.2) is 0 Å². The minimum Gasteiger partial charge on any atom is -0.394 e. The molecule has 2 N–H and O–H groups in total. The van der Waals surface area contributed by atoms with Crippen LogP contribution in [0.25, 0.3) is 0 Å². The van der Waals surface area contributed by atoms with Crippen LogP contribution in [0.2, 0.25) is 0 Å². The third-order valence-corrected chi connectivity index (χ3v) is 5.23. The van der Waals surface area contributed by atoms with Crippen LogP contribution in [-0.4, -0.2) is 43.1 Å². The van der Waals surface area contributed by atoms with Gasteiger partial charge in [-0.05, 0) is 26.7 Å². The first-order valence-electron chi connectivity index (χ1n) is 8.59. The van der Waals surface area contributed by atoms with E-state index in [1.807, 2.05) is 4.68 Å². The van der Waals surface area contributed by atoms with Gasteiger partial charge >= 0.3 is 0 Å². The number of aromatic nitrogens is 4. The number of aliphatic hydroxyl groups is 1. The molecular weight excluding hydrogens is 290 g/mol. The lowest BCUT2D eigenvalue weighted by Crippen LogP contribution is -2.30. The van der Waals surface area contributed by atoms with E-state index in [1.165, 1.54) is 41.1 Å². The molecule has 6 nitrogen and oxygen atoms in total. The second-order valence-corrected chi connectivity index (χ2v) is 6.90. The van der Waals surface area contributed by atoms with Crippen molar-refractivity contribution in [3.8, 4) is 0 Å². The van der Waals surface area contributed by atoms with E-state index in [4.69, 9.17) is 5.11 Å². The molecule has 23 heavy (non-hydrogen) atoms. The Labute approximate surface area is 136 Å². The summed E-state index contributed by atoms with van der Waals surface area (Å²) in [6, 6.07) is 0. The number of hydrogen-bond acceptors (Lipinski definition) is 4. The monoisotopic (exact) mass is 315 g/mol. The van der Waals surface area contributed by atoms with Gasteiger partial charge < -0.3 is 5.11 Å². The van der Waals surface area contributed by atoms with Crippen molar-refractivity contribution < 1.29 is 5.11 Å². The number of aromatic amines is 1. The van der Waals surface area contributed by atoms with Gasteiger partial charge in [-0.15, -0.1) is 0 Å². The second-order valence-electron chi connectivity index (χ2n) is 6.90. The summed E-state index contributed by atoms with van der Waals surface area (Å²) >= 11 is 0. The SMILES string of the molecule is Cc1nn(CCO)c(C)c1CN1CCc2[nH]nc(C3CC3)c2C1. The predicted molar refractivity (Wildman–Crippen MR) is 87.2 cm³/mol. The molecule has 0 saturated heterocycles. The largest absolute Gasteiger partial charge is 0.394 e. The average Bonchev–Trinajstić information content (AvgIpc) is 3.25. The molecule has 1 aliphatic carbocycles. The molecule has 1 saturated carbocycles. The van der Waals surface area contributed by atoms with Gasteiger partial charge in [0.25, 0.3) is 0 Å². The Balaban J connectivity index is 1.53. The van der Waals surface area contributed by atoms with E-state index in [0.29, 0.717) is 12.5 Å². The number of aryl methyl sites for hydroxylation is 1. The highest BCUT2D eigenvalue weighted by atomic mass is 16.3. The first-order chi connectivity index (χ1) is 11.2. The first kappa shape index (κ1) is 14.9. The summed E-state index contributed by atoms with van der Waals surface area (Å²) in [7, 11) is 0. The smallest absolute Gasteiger partial charge is 0.0700 e. The lowest BCUT2D eigenvalue weighted by atomic mass is 10.0. The Hall–Kier alpha value is -1.66. The zero-order valence-electron chi connectivity index (χ0n) is 14.0. The van der Waals surface area contributed by atoms with Crippen molar-refractivity contribution in [3.05, 3.63) is 33.9 Å². The van der Waals surface area contributed by atoms with Crippen molar-refractivity contribution in [1.29, 1.82) is 0 Å². The molecule has 1 fully saturated rings. The van der Waals surface area contributed by atoms with E-state index in [1.54, 1.807) is 0 Å². The molecule has 0 atom stereocenters. The molecule has 0 spiro atoms. The maximum absolute atomic E-state index is 9.16. The van der Waals surface area contributed by atoms with E-state index < -0.39 is 0 Å². The van der Waals surface area contributed by atoms with Crippen LogP contribution in [0.4, 0.5) is 0 Å². The second kappa shape index (κ2) is 5.76. The van der Waals surface area contributed by atoms with E-state index in [-0.39, 0.29) is 6.61 Å². The molecule has 6 heteroatoms. The summed E-state index contributed by atoms with van der Waals surface area (Å²) in [5, 5.41) is 21.5.